The highest BCUT2D eigenvalue weighted by molar-refractivity contribution is 7.16. The van der Waals surface area contributed by atoms with Crippen LogP contribution in [0, 0.1) is 5.82 Å². The maximum Gasteiger partial charge on any atom is 0.146 e. The Balaban J connectivity index is 2.40. The van der Waals surface area contributed by atoms with E-state index in [-0.39, 0.29) is 11.9 Å². The van der Waals surface area contributed by atoms with Gasteiger partial charge in [-0.1, -0.05) is 11.6 Å². The lowest BCUT2D eigenvalue weighted by Gasteiger charge is -2.15. The highest BCUT2D eigenvalue weighted by Gasteiger charge is 2.17. The fraction of sp³-hybridized carbons (Fsp3) is 0.182. The Hall–Kier alpha value is -0.970. The average Bonchev–Trinajstić information content (AvgIpc) is 2.69. The van der Waals surface area contributed by atoms with Crippen molar-refractivity contribution in [3.63, 3.8) is 0 Å². The topological polar surface area (TPSA) is 24.9 Å². The normalized spacial score (nSPS) is 12.7. The Bertz CT molecular complexity index is 486. The van der Waals surface area contributed by atoms with Gasteiger partial charge in [-0.15, -0.1) is 11.3 Å². The highest BCUT2D eigenvalue weighted by Crippen LogP contribution is 2.31. The second kappa shape index (κ2) is 4.91. The SMILES string of the molecule is CNC(c1ccc(Cl)s1)c1ccncc1F. The number of hydrogen-bond acceptors (Lipinski definition) is 3. The van der Waals surface area contributed by atoms with Crippen molar-refractivity contribution in [3.05, 3.63) is 51.2 Å². The average molecular weight is 257 g/mol. The molecule has 0 aliphatic carbocycles. The zero-order chi connectivity index (χ0) is 11.5. The van der Waals surface area contributed by atoms with E-state index in [0.717, 1.165) is 4.88 Å². The first-order valence-corrected chi connectivity index (χ1v) is 5.93. The molecule has 1 unspecified atom stereocenters. The standard InChI is InChI=1S/C11H10ClFN2S/c1-14-11(9-2-3-10(12)16-9)7-4-5-15-6-8(7)13/h2-6,11,14H,1H3. The molecule has 2 nitrogen and oxygen atoms in total. The fourth-order valence-corrected chi connectivity index (χ4v) is 2.74. The summed E-state index contributed by atoms with van der Waals surface area (Å²) in [5.41, 5.74) is 0.580. The molecule has 5 heteroatoms. The Labute approximate surface area is 102 Å². The molecule has 2 heterocycles. The third-order valence-electron chi connectivity index (χ3n) is 2.28. The van der Waals surface area contributed by atoms with Crippen molar-refractivity contribution in [2.45, 2.75) is 6.04 Å². The van der Waals surface area contributed by atoms with Gasteiger partial charge in [-0.3, -0.25) is 4.98 Å². The summed E-state index contributed by atoms with van der Waals surface area (Å²) in [6.07, 6.45) is 2.80. The number of aromatic nitrogens is 1. The molecule has 84 valence electrons. The molecule has 0 aromatic carbocycles. The van der Waals surface area contributed by atoms with Crippen LogP contribution in [0.2, 0.25) is 4.34 Å². The molecule has 0 spiro atoms. The van der Waals surface area contributed by atoms with Gasteiger partial charge in [0, 0.05) is 16.6 Å². The first kappa shape index (κ1) is 11.5. The number of hydrogen-bond donors (Lipinski definition) is 1. The summed E-state index contributed by atoms with van der Waals surface area (Å²) >= 11 is 7.31. The lowest BCUT2D eigenvalue weighted by Crippen LogP contribution is -2.17. The van der Waals surface area contributed by atoms with Gasteiger partial charge in [-0.25, -0.2) is 4.39 Å². The molecule has 0 aliphatic heterocycles. The van der Waals surface area contributed by atoms with E-state index in [2.05, 4.69) is 10.3 Å². The van der Waals surface area contributed by atoms with Crippen molar-refractivity contribution in [2.24, 2.45) is 0 Å². The first-order valence-electron chi connectivity index (χ1n) is 4.74. The summed E-state index contributed by atoms with van der Waals surface area (Å²) in [4.78, 5) is 4.72. The smallest absolute Gasteiger partial charge is 0.146 e. The van der Waals surface area contributed by atoms with E-state index in [1.165, 1.54) is 17.5 Å². The monoisotopic (exact) mass is 256 g/mol. The van der Waals surface area contributed by atoms with Gasteiger partial charge in [-0.2, -0.15) is 0 Å². The molecule has 1 atom stereocenters. The molecular weight excluding hydrogens is 247 g/mol. The van der Waals surface area contributed by atoms with Crippen molar-refractivity contribution < 1.29 is 4.39 Å². The zero-order valence-electron chi connectivity index (χ0n) is 8.58. The van der Waals surface area contributed by atoms with Crippen LogP contribution in [0.1, 0.15) is 16.5 Å². The number of thiophene rings is 1. The van der Waals surface area contributed by atoms with Crippen LogP contribution in [-0.2, 0) is 0 Å². The van der Waals surface area contributed by atoms with Crippen LogP contribution < -0.4 is 5.32 Å². The molecule has 0 saturated carbocycles. The predicted molar refractivity (Wildman–Crippen MR) is 64.4 cm³/mol. The number of pyridine rings is 1. The van der Waals surface area contributed by atoms with E-state index in [0.29, 0.717) is 9.90 Å². The molecule has 0 fully saturated rings. The molecular formula is C11H10ClFN2S. The maximum absolute atomic E-state index is 13.6. The highest BCUT2D eigenvalue weighted by atomic mass is 35.5. The predicted octanol–water partition coefficient (Wildman–Crippen LogP) is 3.24. The van der Waals surface area contributed by atoms with Gasteiger partial charge in [0.25, 0.3) is 0 Å². The van der Waals surface area contributed by atoms with Crippen LogP contribution in [0.15, 0.2) is 30.6 Å². The van der Waals surface area contributed by atoms with Crippen LogP contribution >= 0.6 is 22.9 Å². The van der Waals surface area contributed by atoms with E-state index < -0.39 is 0 Å². The molecule has 0 radical (unpaired) electrons. The molecule has 2 aromatic heterocycles. The Morgan fingerprint density at radius 1 is 1.44 bits per heavy atom. The lowest BCUT2D eigenvalue weighted by atomic mass is 10.1. The van der Waals surface area contributed by atoms with Gasteiger partial charge >= 0.3 is 0 Å². The minimum absolute atomic E-state index is 0.180. The molecule has 0 amide bonds. The molecule has 0 saturated heterocycles. The van der Waals surface area contributed by atoms with E-state index in [1.807, 2.05) is 12.1 Å². The number of nitrogens with zero attached hydrogens (tertiary/aromatic N) is 1. The van der Waals surface area contributed by atoms with E-state index in [9.17, 15) is 4.39 Å². The summed E-state index contributed by atoms with van der Waals surface area (Å²) in [6.45, 7) is 0. The molecule has 1 N–H and O–H groups in total. The second-order valence-electron chi connectivity index (χ2n) is 3.26. The van der Waals surface area contributed by atoms with Crippen LogP contribution in [0.5, 0.6) is 0 Å². The largest absolute Gasteiger partial charge is 0.309 e. The molecule has 2 rings (SSSR count). The lowest BCUT2D eigenvalue weighted by molar-refractivity contribution is 0.574. The van der Waals surface area contributed by atoms with E-state index in [4.69, 9.17) is 11.6 Å². The zero-order valence-corrected chi connectivity index (χ0v) is 10.1. The Morgan fingerprint density at radius 3 is 2.81 bits per heavy atom. The summed E-state index contributed by atoms with van der Waals surface area (Å²) in [7, 11) is 1.79. The van der Waals surface area contributed by atoms with Crippen LogP contribution in [0.25, 0.3) is 0 Å². The van der Waals surface area contributed by atoms with Crippen LogP contribution in [0.4, 0.5) is 4.39 Å². The maximum atomic E-state index is 13.6. The fourth-order valence-electron chi connectivity index (χ4n) is 1.55. The van der Waals surface area contributed by atoms with Crippen molar-refractivity contribution >= 4 is 22.9 Å². The van der Waals surface area contributed by atoms with Crippen molar-refractivity contribution in [1.82, 2.24) is 10.3 Å². The minimum atomic E-state index is -0.314. The van der Waals surface area contributed by atoms with Crippen molar-refractivity contribution in [2.75, 3.05) is 7.05 Å². The van der Waals surface area contributed by atoms with E-state index in [1.54, 1.807) is 19.3 Å². The Kier molecular flexibility index (Phi) is 3.53. The third kappa shape index (κ3) is 2.24. The third-order valence-corrected chi connectivity index (χ3v) is 3.58. The summed E-state index contributed by atoms with van der Waals surface area (Å²) < 4.78 is 14.3. The second-order valence-corrected chi connectivity index (χ2v) is 5.01. The van der Waals surface area contributed by atoms with Gasteiger partial charge in [-0.05, 0) is 25.2 Å². The van der Waals surface area contributed by atoms with Gasteiger partial charge in [0.15, 0.2) is 0 Å². The van der Waals surface area contributed by atoms with Crippen molar-refractivity contribution in [1.29, 1.82) is 0 Å². The van der Waals surface area contributed by atoms with Crippen LogP contribution in [0.3, 0.4) is 0 Å². The Morgan fingerprint density at radius 2 is 2.25 bits per heavy atom. The summed E-state index contributed by atoms with van der Waals surface area (Å²) in [5, 5.41) is 3.07. The quantitative estimate of drug-likeness (QED) is 0.912. The van der Waals surface area contributed by atoms with Crippen molar-refractivity contribution in [3.8, 4) is 0 Å². The molecule has 2 aromatic rings. The molecule has 0 aliphatic rings. The molecule has 16 heavy (non-hydrogen) atoms. The van der Waals surface area contributed by atoms with Gasteiger partial charge in [0.1, 0.15) is 5.82 Å². The minimum Gasteiger partial charge on any atom is -0.309 e. The van der Waals surface area contributed by atoms with Gasteiger partial charge in [0.2, 0.25) is 0 Å². The van der Waals surface area contributed by atoms with Crippen LogP contribution in [-0.4, -0.2) is 12.0 Å². The summed E-state index contributed by atoms with van der Waals surface area (Å²) in [5.74, 6) is -0.314. The van der Waals surface area contributed by atoms with Gasteiger partial charge < -0.3 is 5.32 Å². The van der Waals surface area contributed by atoms with E-state index >= 15 is 0 Å². The number of halogens is 2. The first-order chi connectivity index (χ1) is 7.72. The number of nitrogens with one attached hydrogen (secondary N) is 1. The molecule has 0 bridgehead atoms. The number of rotatable bonds is 3. The summed E-state index contributed by atoms with van der Waals surface area (Å²) in [6, 6.07) is 5.20. The van der Waals surface area contributed by atoms with Gasteiger partial charge in [0.05, 0.1) is 16.6 Å².